The van der Waals surface area contributed by atoms with Crippen LogP contribution in [0.1, 0.15) is 11.1 Å². The molecule has 1 unspecified atom stereocenters. The number of alkyl halides is 3. The first-order valence-corrected chi connectivity index (χ1v) is 8.17. The summed E-state index contributed by atoms with van der Waals surface area (Å²) in [6, 6.07) is 9.84. The molecule has 150 valence electrons. The maximum atomic E-state index is 13.2. The van der Waals surface area contributed by atoms with E-state index in [4.69, 9.17) is 19.5 Å². The molecule has 0 aliphatic rings. The predicted molar refractivity (Wildman–Crippen MR) is 95.7 cm³/mol. The van der Waals surface area contributed by atoms with Crippen molar-refractivity contribution in [3.8, 4) is 23.3 Å². The number of nitrogens with one attached hydrogen (secondary N) is 1. The third-order valence-corrected chi connectivity index (χ3v) is 3.78. The molecule has 0 aliphatic carbocycles. The molecule has 0 saturated carbocycles. The van der Waals surface area contributed by atoms with Crippen LogP contribution < -0.4 is 19.5 Å². The Morgan fingerprint density at radius 3 is 2.32 bits per heavy atom. The Balaban J connectivity index is 2.04. The largest absolute Gasteiger partial charge is 0.493 e. The van der Waals surface area contributed by atoms with Crippen molar-refractivity contribution in [2.75, 3.05) is 32.7 Å². The molecule has 0 saturated heterocycles. The minimum Gasteiger partial charge on any atom is -0.493 e. The first kappa shape index (κ1) is 21.2. The second-order valence-electron chi connectivity index (χ2n) is 5.71. The van der Waals surface area contributed by atoms with Gasteiger partial charge in [-0.1, -0.05) is 6.07 Å². The van der Waals surface area contributed by atoms with Crippen LogP contribution >= 0.6 is 0 Å². The number of benzene rings is 2. The average molecular weight is 396 g/mol. The van der Waals surface area contributed by atoms with Gasteiger partial charge in [0.15, 0.2) is 11.5 Å². The Morgan fingerprint density at radius 1 is 1.14 bits per heavy atom. The van der Waals surface area contributed by atoms with Crippen molar-refractivity contribution >= 4 is 5.69 Å². The van der Waals surface area contributed by atoms with Crippen LogP contribution in [0.5, 0.6) is 17.2 Å². The molecular formula is C19H19F3N2O4. The van der Waals surface area contributed by atoms with Crippen LogP contribution in [0.2, 0.25) is 0 Å². The Kier molecular flexibility index (Phi) is 6.95. The maximum absolute atomic E-state index is 13.2. The van der Waals surface area contributed by atoms with E-state index in [9.17, 15) is 18.3 Å². The van der Waals surface area contributed by atoms with Gasteiger partial charge in [-0.2, -0.15) is 18.4 Å². The number of ether oxygens (including phenoxy) is 3. The summed E-state index contributed by atoms with van der Waals surface area (Å²) < 4.78 is 55.4. The molecule has 0 amide bonds. The molecule has 0 spiro atoms. The van der Waals surface area contributed by atoms with Crippen molar-refractivity contribution in [1.82, 2.24) is 0 Å². The molecule has 1 atom stereocenters. The average Bonchev–Trinajstić information content (AvgIpc) is 2.69. The van der Waals surface area contributed by atoms with Crippen molar-refractivity contribution in [3.05, 3.63) is 47.5 Å². The van der Waals surface area contributed by atoms with Gasteiger partial charge in [-0.3, -0.25) is 0 Å². The van der Waals surface area contributed by atoms with E-state index in [2.05, 4.69) is 5.32 Å². The summed E-state index contributed by atoms with van der Waals surface area (Å²) in [7, 11) is 2.90. The van der Waals surface area contributed by atoms with Gasteiger partial charge < -0.3 is 24.6 Å². The highest BCUT2D eigenvalue weighted by atomic mass is 19.4. The number of nitriles is 1. The number of halogens is 3. The fourth-order valence-electron chi connectivity index (χ4n) is 2.43. The van der Waals surface area contributed by atoms with Gasteiger partial charge in [0.25, 0.3) is 0 Å². The van der Waals surface area contributed by atoms with Crippen molar-refractivity contribution in [2.45, 2.75) is 12.3 Å². The fraction of sp³-hybridized carbons (Fsp3) is 0.316. The Bertz CT molecular complexity index is 828. The molecule has 2 aromatic carbocycles. The highest BCUT2D eigenvalue weighted by Crippen LogP contribution is 2.37. The third kappa shape index (κ3) is 5.20. The highest BCUT2D eigenvalue weighted by Gasteiger charge is 2.34. The summed E-state index contributed by atoms with van der Waals surface area (Å²) in [4.78, 5) is 0. The summed E-state index contributed by atoms with van der Waals surface area (Å²) in [5, 5.41) is 21.4. The molecule has 2 rings (SSSR count). The first-order valence-electron chi connectivity index (χ1n) is 8.17. The second kappa shape index (κ2) is 9.19. The molecule has 0 bridgehead atoms. The summed E-state index contributed by atoms with van der Waals surface area (Å²) in [6.45, 7) is -0.409. The maximum Gasteiger partial charge on any atom is 0.418 e. The van der Waals surface area contributed by atoms with E-state index in [0.29, 0.717) is 11.5 Å². The van der Waals surface area contributed by atoms with Crippen LogP contribution in [0.3, 0.4) is 0 Å². The van der Waals surface area contributed by atoms with E-state index in [-0.39, 0.29) is 30.2 Å². The number of aliphatic hydroxyl groups excluding tert-OH is 1. The highest BCUT2D eigenvalue weighted by molar-refractivity contribution is 5.56. The smallest absolute Gasteiger partial charge is 0.418 e. The van der Waals surface area contributed by atoms with Gasteiger partial charge in [0.05, 0.1) is 31.4 Å². The molecule has 0 fully saturated rings. The normalized spacial score (nSPS) is 12.0. The van der Waals surface area contributed by atoms with Gasteiger partial charge in [0, 0.05) is 12.2 Å². The van der Waals surface area contributed by atoms with E-state index in [1.165, 1.54) is 20.3 Å². The SMILES string of the molecule is COc1cccc(OC)c1OCC(O)CNc1ccc(C#N)cc1C(F)(F)F. The molecular weight excluding hydrogens is 377 g/mol. The van der Waals surface area contributed by atoms with Gasteiger partial charge in [-0.25, -0.2) is 0 Å². The topological polar surface area (TPSA) is 83.7 Å². The lowest BCUT2D eigenvalue weighted by atomic mass is 10.1. The molecule has 2 N–H and O–H groups in total. The predicted octanol–water partition coefficient (Wildman–Crippen LogP) is 3.45. The van der Waals surface area contributed by atoms with E-state index in [1.807, 2.05) is 0 Å². The van der Waals surface area contributed by atoms with Crippen LogP contribution in [0, 0.1) is 11.3 Å². The Hall–Kier alpha value is -3.12. The number of nitrogens with zero attached hydrogens (tertiary/aromatic N) is 1. The number of anilines is 1. The zero-order chi connectivity index (χ0) is 20.7. The fourth-order valence-corrected chi connectivity index (χ4v) is 2.43. The molecule has 6 nitrogen and oxygen atoms in total. The summed E-state index contributed by atoms with van der Waals surface area (Å²) in [6.07, 6.45) is -5.76. The van der Waals surface area contributed by atoms with Crippen molar-refractivity contribution in [3.63, 3.8) is 0 Å². The van der Waals surface area contributed by atoms with E-state index in [1.54, 1.807) is 24.3 Å². The molecule has 2 aromatic rings. The van der Waals surface area contributed by atoms with Crippen LogP contribution in [0.4, 0.5) is 18.9 Å². The Morgan fingerprint density at radius 2 is 1.79 bits per heavy atom. The second-order valence-corrected chi connectivity index (χ2v) is 5.71. The minimum absolute atomic E-state index is 0.106. The van der Waals surface area contributed by atoms with Gasteiger partial charge in [-0.05, 0) is 30.3 Å². The van der Waals surface area contributed by atoms with Crippen molar-refractivity contribution in [2.24, 2.45) is 0 Å². The third-order valence-electron chi connectivity index (χ3n) is 3.78. The lowest BCUT2D eigenvalue weighted by Gasteiger charge is -2.19. The van der Waals surface area contributed by atoms with Crippen molar-refractivity contribution < 1.29 is 32.5 Å². The number of para-hydroxylation sites is 1. The number of rotatable bonds is 8. The quantitative estimate of drug-likeness (QED) is 0.711. The summed E-state index contributed by atoms with van der Waals surface area (Å²) in [5.41, 5.74) is -1.32. The number of aliphatic hydroxyl groups is 1. The molecule has 0 radical (unpaired) electrons. The van der Waals surface area contributed by atoms with Gasteiger partial charge in [-0.15, -0.1) is 0 Å². The number of hydrogen-bond acceptors (Lipinski definition) is 6. The first-order chi connectivity index (χ1) is 13.3. The van der Waals surface area contributed by atoms with Crippen LogP contribution in [-0.2, 0) is 6.18 Å². The summed E-state index contributed by atoms with van der Waals surface area (Å²) in [5.74, 6) is 1.07. The molecule has 0 aromatic heterocycles. The van der Waals surface area contributed by atoms with E-state index >= 15 is 0 Å². The van der Waals surface area contributed by atoms with Gasteiger partial charge in [0.2, 0.25) is 5.75 Å². The van der Waals surface area contributed by atoms with Crippen LogP contribution in [-0.4, -0.2) is 38.6 Å². The number of hydrogen-bond donors (Lipinski definition) is 2. The van der Waals surface area contributed by atoms with Crippen LogP contribution in [0.15, 0.2) is 36.4 Å². The minimum atomic E-state index is -4.64. The van der Waals surface area contributed by atoms with E-state index in [0.717, 1.165) is 12.1 Å². The van der Waals surface area contributed by atoms with E-state index < -0.39 is 17.8 Å². The molecule has 0 heterocycles. The zero-order valence-electron chi connectivity index (χ0n) is 15.2. The molecule has 9 heteroatoms. The molecule has 0 aliphatic heterocycles. The molecule has 28 heavy (non-hydrogen) atoms. The summed E-state index contributed by atoms with van der Waals surface area (Å²) >= 11 is 0. The van der Waals surface area contributed by atoms with Crippen molar-refractivity contribution in [1.29, 1.82) is 5.26 Å². The van der Waals surface area contributed by atoms with Gasteiger partial charge >= 0.3 is 6.18 Å². The lowest BCUT2D eigenvalue weighted by molar-refractivity contribution is -0.137. The monoisotopic (exact) mass is 396 g/mol. The van der Waals surface area contributed by atoms with Crippen LogP contribution in [0.25, 0.3) is 0 Å². The zero-order valence-corrected chi connectivity index (χ0v) is 15.2. The van der Waals surface area contributed by atoms with Gasteiger partial charge in [0.1, 0.15) is 12.7 Å². The number of methoxy groups -OCH3 is 2. The Labute approximate surface area is 160 Å². The lowest BCUT2D eigenvalue weighted by Crippen LogP contribution is -2.27. The standard InChI is InChI=1S/C19H19F3N2O4/c1-26-16-4-3-5-17(27-2)18(16)28-11-13(25)10-24-15-7-6-12(9-23)8-14(15)19(20,21)22/h3-8,13,24-25H,10-11H2,1-2H3.